The number of hydrogen-bond acceptors (Lipinski definition) is 7. The van der Waals surface area contributed by atoms with Crippen LogP contribution in [-0.4, -0.2) is 46.3 Å². The number of morpholine rings is 1. The Morgan fingerprint density at radius 1 is 1.00 bits per heavy atom. The second kappa shape index (κ2) is 10.0. The molecule has 0 aliphatic carbocycles. The normalized spacial score (nSPS) is 14.0. The van der Waals surface area contributed by atoms with Crippen LogP contribution in [0.15, 0.2) is 65.6 Å². The number of anilines is 2. The fourth-order valence-electron chi connectivity index (χ4n) is 4.71. The topological polar surface area (TPSA) is 76.3 Å². The van der Waals surface area contributed by atoms with Crippen molar-refractivity contribution in [3.8, 4) is 11.8 Å². The van der Waals surface area contributed by atoms with Gasteiger partial charge in [0.05, 0.1) is 29.7 Å². The van der Waals surface area contributed by atoms with Crippen molar-refractivity contribution < 1.29 is 9.26 Å². The van der Waals surface area contributed by atoms with E-state index in [2.05, 4.69) is 68.4 Å². The van der Waals surface area contributed by atoms with E-state index in [4.69, 9.17) is 9.26 Å². The largest absolute Gasteiger partial charge is 0.379 e. The quantitative estimate of drug-likeness (QED) is 0.341. The molecule has 3 aromatic carbocycles. The Labute approximate surface area is 215 Å². The summed E-state index contributed by atoms with van der Waals surface area (Å²) in [6, 6.07) is 16.6. The molecule has 0 radical (unpaired) electrons. The average Bonchev–Trinajstić information content (AvgIpc) is 3.30. The minimum atomic E-state index is 0.680. The number of nitrogens with one attached hydrogen (secondary N) is 1. The van der Waals surface area contributed by atoms with E-state index in [0.29, 0.717) is 11.4 Å². The maximum absolute atomic E-state index is 5.82. The summed E-state index contributed by atoms with van der Waals surface area (Å²) in [5.74, 6) is 7.26. The number of ether oxygens (including phenoxy) is 1. The molecule has 6 rings (SSSR count). The molecule has 0 saturated carbocycles. The van der Waals surface area contributed by atoms with Gasteiger partial charge in [0.1, 0.15) is 6.33 Å². The third-order valence-corrected chi connectivity index (χ3v) is 6.60. The molecule has 2 aromatic heterocycles. The van der Waals surface area contributed by atoms with Crippen LogP contribution in [0.3, 0.4) is 0 Å². The van der Waals surface area contributed by atoms with Crippen LogP contribution >= 0.6 is 0 Å². The summed E-state index contributed by atoms with van der Waals surface area (Å²) < 4.78 is 11.3. The van der Waals surface area contributed by atoms with E-state index in [1.165, 1.54) is 11.1 Å². The second-order valence-electron chi connectivity index (χ2n) is 9.43. The maximum atomic E-state index is 5.82. The Hall–Kier alpha value is -4.25. The molecule has 0 spiro atoms. The zero-order valence-corrected chi connectivity index (χ0v) is 20.9. The van der Waals surface area contributed by atoms with Gasteiger partial charge in [-0.3, -0.25) is 4.90 Å². The van der Waals surface area contributed by atoms with E-state index in [0.717, 1.165) is 71.5 Å². The van der Waals surface area contributed by atoms with Crippen molar-refractivity contribution in [2.24, 2.45) is 0 Å². The van der Waals surface area contributed by atoms with E-state index in [1.807, 2.05) is 31.2 Å². The van der Waals surface area contributed by atoms with Gasteiger partial charge in [0.15, 0.2) is 11.4 Å². The molecule has 7 nitrogen and oxygen atoms in total. The first-order valence-electron chi connectivity index (χ1n) is 12.4. The van der Waals surface area contributed by atoms with Crippen LogP contribution in [0.1, 0.15) is 27.8 Å². The van der Waals surface area contributed by atoms with E-state index >= 15 is 0 Å². The molecule has 7 heteroatoms. The van der Waals surface area contributed by atoms with Crippen LogP contribution < -0.4 is 5.32 Å². The predicted molar refractivity (Wildman–Crippen MR) is 145 cm³/mol. The van der Waals surface area contributed by atoms with Gasteiger partial charge in [-0.25, -0.2) is 9.97 Å². The molecule has 0 unspecified atom stereocenters. The Morgan fingerprint density at radius 2 is 1.89 bits per heavy atom. The number of rotatable bonds is 4. The standard InChI is InChI=1S/C30H27N5O2/c1-20-13-23(18-35-9-11-36-12-10-35)15-25(14-20)33-30-27-7-3-21(2)26(29(27)37-34-30)8-5-22-4-6-24-17-31-19-32-28(24)16-22/h3-4,6-7,13-17,19H,9-12,18H2,1-2H3,(H,33,34). The summed E-state index contributed by atoms with van der Waals surface area (Å²) in [4.78, 5) is 10.8. The third-order valence-electron chi connectivity index (χ3n) is 6.60. The van der Waals surface area contributed by atoms with Crippen molar-refractivity contribution in [3.63, 3.8) is 0 Å². The molecule has 1 fully saturated rings. The lowest BCUT2D eigenvalue weighted by Crippen LogP contribution is -2.35. The SMILES string of the molecule is Cc1cc(CN2CCOCC2)cc(Nc2noc3c(C#Cc4ccc5cncnc5c4)c(C)ccc23)c1. The number of benzene rings is 3. The van der Waals surface area contributed by atoms with Gasteiger partial charge in [-0.15, -0.1) is 0 Å². The van der Waals surface area contributed by atoms with Crippen molar-refractivity contribution in [1.82, 2.24) is 20.0 Å². The number of aryl methyl sites for hydroxylation is 2. The van der Waals surface area contributed by atoms with Gasteiger partial charge < -0.3 is 14.6 Å². The Balaban J connectivity index is 1.29. The first-order valence-corrected chi connectivity index (χ1v) is 12.4. The van der Waals surface area contributed by atoms with Gasteiger partial charge in [0.25, 0.3) is 0 Å². The average molecular weight is 490 g/mol. The van der Waals surface area contributed by atoms with E-state index in [1.54, 1.807) is 12.5 Å². The van der Waals surface area contributed by atoms with Crippen molar-refractivity contribution in [1.29, 1.82) is 0 Å². The number of hydrogen-bond donors (Lipinski definition) is 1. The zero-order chi connectivity index (χ0) is 25.2. The third kappa shape index (κ3) is 5.03. The predicted octanol–water partition coefficient (Wildman–Crippen LogP) is 5.36. The van der Waals surface area contributed by atoms with Crippen LogP contribution in [0.25, 0.3) is 21.9 Å². The molecule has 0 atom stereocenters. The Bertz CT molecular complexity index is 1660. The molecular formula is C30H27N5O2. The fourth-order valence-corrected chi connectivity index (χ4v) is 4.71. The van der Waals surface area contributed by atoms with Gasteiger partial charge in [-0.2, -0.15) is 0 Å². The fraction of sp³-hybridized carbons (Fsp3) is 0.233. The molecule has 37 heavy (non-hydrogen) atoms. The molecule has 5 aromatic rings. The van der Waals surface area contributed by atoms with Gasteiger partial charge in [0.2, 0.25) is 0 Å². The van der Waals surface area contributed by atoms with Crippen molar-refractivity contribution in [2.75, 3.05) is 31.6 Å². The minimum Gasteiger partial charge on any atom is -0.379 e. The van der Waals surface area contributed by atoms with Crippen molar-refractivity contribution in [2.45, 2.75) is 20.4 Å². The van der Waals surface area contributed by atoms with Crippen LogP contribution in [0.2, 0.25) is 0 Å². The molecule has 1 aliphatic rings. The Morgan fingerprint density at radius 3 is 2.78 bits per heavy atom. The van der Waals surface area contributed by atoms with E-state index in [9.17, 15) is 0 Å². The van der Waals surface area contributed by atoms with Crippen molar-refractivity contribution >= 4 is 33.4 Å². The molecule has 3 heterocycles. The van der Waals surface area contributed by atoms with E-state index in [-0.39, 0.29) is 0 Å². The highest BCUT2D eigenvalue weighted by molar-refractivity contribution is 5.94. The van der Waals surface area contributed by atoms with Crippen LogP contribution in [-0.2, 0) is 11.3 Å². The maximum Gasteiger partial charge on any atom is 0.184 e. The number of nitrogens with zero attached hydrogens (tertiary/aromatic N) is 4. The minimum absolute atomic E-state index is 0.680. The first kappa shape index (κ1) is 23.2. The smallest absolute Gasteiger partial charge is 0.184 e. The zero-order valence-electron chi connectivity index (χ0n) is 20.9. The summed E-state index contributed by atoms with van der Waals surface area (Å²) >= 11 is 0. The lowest BCUT2D eigenvalue weighted by Gasteiger charge is -2.26. The number of aromatic nitrogens is 3. The van der Waals surface area contributed by atoms with Gasteiger partial charge in [-0.1, -0.05) is 35.2 Å². The van der Waals surface area contributed by atoms with Gasteiger partial charge in [-0.05, 0) is 60.9 Å². The highest BCUT2D eigenvalue weighted by Crippen LogP contribution is 2.30. The van der Waals surface area contributed by atoms with Gasteiger partial charge in [0, 0.05) is 42.5 Å². The van der Waals surface area contributed by atoms with Crippen LogP contribution in [0.5, 0.6) is 0 Å². The summed E-state index contributed by atoms with van der Waals surface area (Å²) in [5, 5.41) is 9.73. The Kier molecular flexibility index (Phi) is 6.27. The second-order valence-corrected chi connectivity index (χ2v) is 9.43. The lowest BCUT2D eigenvalue weighted by atomic mass is 10.0. The molecule has 1 aliphatic heterocycles. The summed E-state index contributed by atoms with van der Waals surface area (Å²) in [5.41, 5.74) is 7.75. The summed E-state index contributed by atoms with van der Waals surface area (Å²) in [6.45, 7) is 8.56. The molecular weight excluding hydrogens is 462 g/mol. The molecule has 1 N–H and O–H groups in total. The number of fused-ring (bicyclic) bond motifs is 2. The van der Waals surface area contributed by atoms with Crippen molar-refractivity contribution in [3.05, 3.63) is 88.9 Å². The summed E-state index contributed by atoms with van der Waals surface area (Å²) in [6.07, 6.45) is 3.35. The first-order chi connectivity index (χ1) is 18.1. The molecule has 1 saturated heterocycles. The lowest BCUT2D eigenvalue weighted by molar-refractivity contribution is 0.0342. The molecule has 184 valence electrons. The van der Waals surface area contributed by atoms with Gasteiger partial charge >= 0.3 is 0 Å². The highest BCUT2D eigenvalue weighted by Gasteiger charge is 2.15. The monoisotopic (exact) mass is 489 g/mol. The molecule has 0 bridgehead atoms. The van der Waals surface area contributed by atoms with E-state index < -0.39 is 0 Å². The summed E-state index contributed by atoms with van der Waals surface area (Å²) in [7, 11) is 0. The van der Waals surface area contributed by atoms with Crippen LogP contribution in [0, 0.1) is 25.7 Å². The molecule has 0 amide bonds. The highest BCUT2D eigenvalue weighted by atomic mass is 16.5. The van der Waals surface area contributed by atoms with Crippen LogP contribution in [0.4, 0.5) is 11.5 Å².